The van der Waals surface area contributed by atoms with Crippen LogP contribution >= 0.6 is 11.8 Å². The first-order valence-electron chi connectivity index (χ1n) is 8.15. The normalized spacial score (nSPS) is 27.1. The Bertz CT molecular complexity index is 342. The number of methoxy groups -OCH3 is 1. The van der Waals surface area contributed by atoms with Crippen LogP contribution in [0.25, 0.3) is 0 Å². The van der Waals surface area contributed by atoms with Crippen molar-refractivity contribution in [2.45, 2.75) is 18.4 Å². The molecule has 6 nitrogen and oxygen atoms in total. The van der Waals surface area contributed by atoms with Gasteiger partial charge >= 0.3 is 0 Å². The zero-order chi connectivity index (χ0) is 15.7. The minimum atomic E-state index is 0.249. The number of hydrogen-bond donors (Lipinski definition) is 2. The molecule has 22 heavy (non-hydrogen) atoms. The molecule has 128 valence electrons. The maximum Gasteiger partial charge on any atom is 0.191 e. The fourth-order valence-electron chi connectivity index (χ4n) is 3.03. The lowest BCUT2D eigenvalue weighted by atomic mass is 9.95. The van der Waals surface area contributed by atoms with Crippen LogP contribution in [0.5, 0.6) is 0 Å². The highest BCUT2D eigenvalue weighted by molar-refractivity contribution is 7.99. The van der Waals surface area contributed by atoms with Crippen molar-refractivity contribution in [2.24, 2.45) is 4.99 Å². The summed E-state index contributed by atoms with van der Waals surface area (Å²) in [7, 11) is 3.56. The van der Waals surface area contributed by atoms with E-state index in [2.05, 4.69) is 32.3 Å². The van der Waals surface area contributed by atoms with E-state index in [9.17, 15) is 0 Å². The van der Waals surface area contributed by atoms with Crippen molar-refractivity contribution in [2.75, 3.05) is 71.7 Å². The van der Waals surface area contributed by atoms with E-state index < -0.39 is 0 Å². The summed E-state index contributed by atoms with van der Waals surface area (Å²) in [5.74, 6) is 3.33. The van der Waals surface area contributed by atoms with Gasteiger partial charge in [-0.3, -0.25) is 9.89 Å². The number of nitrogens with one attached hydrogen (secondary N) is 2. The van der Waals surface area contributed by atoms with Crippen LogP contribution in [0.2, 0.25) is 0 Å². The second kappa shape index (κ2) is 9.60. The van der Waals surface area contributed by atoms with Crippen molar-refractivity contribution >= 4 is 17.7 Å². The Hall–Kier alpha value is -0.500. The minimum Gasteiger partial charge on any atom is -0.385 e. The van der Waals surface area contributed by atoms with Crippen molar-refractivity contribution in [3.63, 3.8) is 0 Å². The molecule has 1 unspecified atom stereocenters. The molecular formula is C15H30N4O2S. The molecular weight excluding hydrogens is 300 g/mol. The molecule has 2 saturated heterocycles. The number of thioether (sulfide) groups is 1. The van der Waals surface area contributed by atoms with E-state index in [0.717, 1.165) is 58.4 Å². The van der Waals surface area contributed by atoms with Gasteiger partial charge in [0.05, 0.1) is 13.2 Å². The number of aliphatic imine (C=N–C) groups is 1. The van der Waals surface area contributed by atoms with Gasteiger partial charge in [-0.15, -0.1) is 0 Å². The fraction of sp³-hybridized carbons (Fsp3) is 0.933. The average Bonchev–Trinajstić information content (AvgIpc) is 3.05. The van der Waals surface area contributed by atoms with Crippen molar-refractivity contribution in [1.29, 1.82) is 0 Å². The van der Waals surface area contributed by atoms with Crippen LogP contribution in [0.1, 0.15) is 12.8 Å². The summed E-state index contributed by atoms with van der Waals surface area (Å²) in [6.07, 6.45) is 2.23. The average molecular weight is 330 g/mol. The zero-order valence-electron chi connectivity index (χ0n) is 13.9. The Kier molecular flexibility index (Phi) is 7.79. The van der Waals surface area contributed by atoms with Crippen molar-refractivity contribution in [3.8, 4) is 0 Å². The minimum absolute atomic E-state index is 0.249. The van der Waals surface area contributed by atoms with Gasteiger partial charge < -0.3 is 20.1 Å². The summed E-state index contributed by atoms with van der Waals surface area (Å²) in [6.45, 7) is 6.41. The molecule has 2 aliphatic rings. The Morgan fingerprint density at radius 2 is 2.18 bits per heavy atom. The molecule has 2 N–H and O–H groups in total. The van der Waals surface area contributed by atoms with Crippen molar-refractivity contribution in [3.05, 3.63) is 0 Å². The molecule has 0 bridgehead atoms. The molecule has 1 atom stereocenters. The summed E-state index contributed by atoms with van der Waals surface area (Å²) in [6, 6.07) is 0. The van der Waals surface area contributed by atoms with Crippen LogP contribution in [0.4, 0.5) is 0 Å². The number of nitrogens with zero attached hydrogens (tertiary/aromatic N) is 2. The highest BCUT2D eigenvalue weighted by Gasteiger charge is 2.40. The summed E-state index contributed by atoms with van der Waals surface area (Å²) in [4.78, 5) is 6.94. The van der Waals surface area contributed by atoms with E-state index in [4.69, 9.17) is 9.47 Å². The summed E-state index contributed by atoms with van der Waals surface area (Å²) < 4.78 is 10.6. The third kappa shape index (κ3) is 5.01. The Morgan fingerprint density at radius 3 is 2.82 bits per heavy atom. The fourth-order valence-corrected chi connectivity index (χ4v) is 4.50. The van der Waals surface area contributed by atoms with Gasteiger partial charge in [-0.1, -0.05) is 0 Å². The van der Waals surface area contributed by atoms with E-state index in [1.54, 1.807) is 7.11 Å². The molecule has 0 aliphatic carbocycles. The van der Waals surface area contributed by atoms with Crippen LogP contribution in [-0.2, 0) is 9.47 Å². The van der Waals surface area contributed by atoms with E-state index in [1.165, 1.54) is 17.9 Å². The SMILES string of the molecule is CN=C(NCCCOC)NCC1(N2CCOCC2)CCSC1. The molecule has 0 amide bonds. The molecule has 2 rings (SSSR count). The highest BCUT2D eigenvalue weighted by atomic mass is 32.2. The monoisotopic (exact) mass is 330 g/mol. The predicted octanol–water partition coefficient (Wildman–Crippen LogP) is 0.396. The van der Waals surface area contributed by atoms with Crippen molar-refractivity contribution < 1.29 is 9.47 Å². The molecule has 0 aromatic carbocycles. The third-order valence-corrected chi connectivity index (χ3v) is 5.62. The molecule has 0 saturated carbocycles. The van der Waals surface area contributed by atoms with Gasteiger partial charge in [0.25, 0.3) is 0 Å². The molecule has 2 fully saturated rings. The first kappa shape index (κ1) is 17.8. The first-order chi connectivity index (χ1) is 10.8. The van der Waals surface area contributed by atoms with Crippen LogP contribution in [0, 0.1) is 0 Å². The van der Waals surface area contributed by atoms with E-state index >= 15 is 0 Å². The highest BCUT2D eigenvalue weighted by Crippen LogP contribution is 2.33. The number of guanidine groups is 1. The molecule has 0 aromatic heterocycles. The molecule has 2 aliphatic heterocycles. The van der Waals surface area contributed by atoms with Gasteiger partial charge in [0.1, 0.15) is 0 Å². The lowest BCUT2D eigenvalue weighted by Crippen LogP contribution is -2.60. The van der Waals surface area contributed by atoms with Gasteiger partial charge in [-0.2, -0.15) is 11.8 Å². The molecule has 2 heterocycles. The number of morpholine rings is 1. The molecule has 0 radical (unpaired) electrons. The standard InChI is InChI=1S/C15H30N4O2S/c1-16-14(17-5-3-8-20-2)18-12-15(4-11-22-13-15)19-6-9-21-10-7-19/h3-13H2,1-2H3,(H2,16,17,18). The molecule has 0 spiro atoms. The smallest absolute Gasteiger partial charge is 0.191 e. The van der Waals surface area contributed by atoms with Gasteiger partial charge in [-0.05, 0) is 18.6 Å². The van der Waals surface area contributed by atoms with E-state index in [0.29, 0.717) is 0 Å². The maximum absolute atomic E-state index is 5.51. The van der Waals surface area contributed by atoms with Gasteiger partial charge in [0.2, 0.25) is 0 Å². The number of ether oxygens (including phenoxy) is 2. The van der Waals surface area contributed by atoms with E-state index in [1.807, 2.05) is 7.05 Å². The largest absolute Gasteiger partial charge is 0.385 e. The topological polar surface area (TPSA) is 58.1 Å². The van der Waals surface area contributed by atoms with Crippen LogP contribution in [-0.4, -0.2) is 88.1 Å². The van der Waals surface area contributed by atoms with Gasteiger partial charge in [0, 0.05) is 58.2 Å². The van der Waals surface area contributed by atoms with Gasteiger partial charge in [-0.25, -0.2) is 0 Å². The molecule has 0 aromatic rings. The first-order valence-corrected chi connectivity index (χ1v) is 9.30. The third-order valence-electron chi connectivity index (χ3n) is 4.39. The Balaban J connectivity index is 1.82. The molecule has 7 heteroatoms. The summed E-state index contributed by atoms with van der Waals surface area (Å²) in [5.41, 5.74) is 0.249. The predicted molar refractivity (Wildman–Crippen MR) is 92.9 cm³/mol. The Morgan fingerprint density at radius 1 is 1.36 bits per heavy atom. The van der Waals surface area contributed by atoms with Crippen LogP contribution in [0.3, 0.4) is 0 Å². The number of hydrogen-bond acceptors (Lipinski definition) is 5. The van der Waals surface area contributed by atoms with Crippen LogP contribution < -0.4 is 10.6 Å². The lowest BCUT2D eigenvalue weighted by molar-refractivity contribution is -0.0120. The quantitative estimate of drug-likeness (QED) is 0.400. The maximum atomic E-state index is 5.51. The van der Waals surface area contributed by atoms with Gasteiger partial charge in [0.15, 0.2) is 5.96 Å². The number of rotatable bonds is 7. The zero-order valence-corrected chi connectivity index (χ0v) is 14.7. The summed E-state index contributed by atoms with van der Waals surface area (Å²) >= 11 is 2.06. The van der Waals surface area contributed by atoms with Crippen LogP contribution in [0.15, 0.2) is 4.99 Å². The second-order valence-corrected chi connectivity index (χ2v) is 6.93. The van der Waals surface area contributed by atoms with Crippen molar-refractivity contribution in [1.82, 2.24) is 15.5 Å². The second-order valence-electron chi connectivity index (χ2n) is 5.83. The lowest BCUT2D eigenvalue weighted by Gasteiger charge is -2.43. The Labute approximate surface area is 138 Å². The van der Waals surface area contributed by atoms with E-state index in [-0.39, 0.29) is 5.54 Å². The summed E-state index contributed by atoms with van der Waals surface area (Å²) in [5, 5.41) is 6.89.